The van der Waals surface area contributed by atoms with E-state index in [9.17, 15) is 9.59 Å². The van der Waals surface area contributed by atoms with Crippen LogP contribution >= 0.6 is 0 Å². The van der Waals surface area contributed by atoms with Gasteiger partial charge in [0.1, 0.15) is 12.4 Å². The summed E-state index contributed by atoms with van der Waals surface area (Å²) in [6.45, 7) is 4.56. The Balaban J connectivity index is 2.05. The Morgan fingerprint density at radius 3 is 2.30 bits per heavy atom. The second-order valence-electron chi connectivity index (χ2n) is 5.58. The lowest BCUT2D eigenvalue weighted by atomic mass is 10.0. The van der Waals surface area contributed by atoms with Crippen LogP contribution < -0.4 is 10.5 Å². The zero-order valence-corrected chi connectivity index (χ0v) is 13.5. The summed E-state index contributed by atoms with van der Waals surface area (Å²) in [4.78, 5) is 22.8. The van der Waals surface area contributed by atoms with Crippen molar-refractivity contribution in [3.8, 4) is 5.75 Å². The van der Waals surface area contributed by atoms with Crippen molar-refractivity contribution >= 4 is 11.7 Å². The molecule has 0 bridgehead atoms. The van der Waals surface area contributed by atoms with Gasteiger partial charge in [-0.25, -0.2) is 0 Å². The molecular weight excluding hydrogens is 290 g/mol. The Hall–Kier alpha value is -2.62. The van der Waals surface area contributed by atoms with Crippen molar-refractivity contribution in [1.82, 2.24) is 0 Å². The van der Waals surface area contributed by atoms with E-state index in [2.05, 4.69) is 26.0 Å². The lowest BCUT2D eigenvalue weighted by Gasteiger charge is -2.12. The first-order valence-corrected chi connectivity index (χ1v) is 7.57. The smallest absolute Gasteiger partial charge is 0.217 e. The summed E-state index contributed by atoms with van der Waals surface area (Å²) in [5.74, 6) is 0.0553. The van der Waals surface area contributed by atoms with Crippen molar-refractivity contribution in [1.29, 1.82) is 0 Å². The van der Waals surface area contributed by atoms with E-state index in [-0.39, 0.29) is 18.6 Å². The molecule has 0 atom stereocenters. The quantitative estimate of drug-likeness (QED) is 0.797. The number of ketones is 1. The Kier molecular flexibility index (Phi) is 5.52. The molecule has 0 saturated heterocycles. The molecule has 0 aliphatic carbocycles. The van der Waals surface area contributed by atoms with Crippen LogP contribution in [0.1, 0.15) is 39.9 Å². The van der Waals surface area contributed by atoms with Gasteiger partial charge in [-0.05, 0) is 42.7 Å². The highest BCUT2D eigenvalue weighted by Crippen LogP contribution is 2.19. The lowest BCUT2D eigenvalue weighted by molar-refractivity contribution is -0.118. The highest BCUT2D eigenvalue weighted by atomic mass is 16.5. The third-order valence-electron chi connectivity index (χ3n) is 3.78. The normalized spacial score (nSPS) is 10.3. The average Bonchev–Trinajstić information content (AvgIpc) is 2.52. The Labute approximate surface area is 136 Å². The van der Waals surface area contributed by atoms with E-state index in [1.54, 1.807) is 18.2 Å². The maximum atomic E-state index is 12.0. The van der Waals surface area contributed by atoms with E-state index in [0.29, 0.717) is 17.9 Å². The van der Waals surface area contributed by atoms with Crippen molar-refractivity contribution in [2.24, 2.45) is 5.73 Å². The van der Waals surface area contributed by atoms with E-state index in [1.165, 1.54) is 11.1 Å². The number of carbonyl (C=O) groups excluding carboxylic acids is 2. The number of ether oxygens (including phenoxy) is 1. The lowest BCUT2D eigenvalue weighted by Crippen LogP contribution is -2.12. The first kappa shape index (κ1) is 16.7. The van der Waals surface area contributed by atoms with Gasteiger partial charge in [-0.2, -0.15) is 0 Å². The Morgan fingerprint density at radius 1 is 1.00 bits per heavy atom. The summed E-state index contributed by atoms with van der Waals surface area (Å²) >= 11 is 0. The minimum Gasteiger partial charge on any atom is -0.489 e. The highest BCUT2D eigenvalue weighted by molar-refractivity contribution is 5.98. The molecule has 0 aliphatic rings. The first-order valence-electron chi connectivity index (χ1n) is 7.57. The number of hydrogen-bond acceptors (Lipinski definition) is 3. The standard InChI is InChI=1S/C19H21NO3/c1-13-5-3-6-14(2)17(13)12-23-16-8-4-7-15(11-16)18(21)9-10-19(20)22/h3-8,11H,9-10,12H2,1-2H3,(H2,20,22). The van der Waals surface area contributed by atoms with Crippen LogP contribution in [0.3, 0.4) is 0 Å². The van der Waals surface area contributed by atoms with Crippen molar-refractivity contribution in [2.45, 2.75) is 33.3 Å². The third-order valence-corrected chi connectivity index (χ3v) is 3.78. The molecule has 0 heterocycles. The van der Waals surface area contributed by atoms with Crippen LogP contribution in [-0.2, 0) is 11.4 Å². The molecule has 0 spiro atoms. The summed E-state index contributed by atoms with van der Waals surface area (Å²) < 4.78 is 5.83. The Morgan fingerprint density at radius 2 is 1.65 bits per heavy atom. The van der Waals surface area contributed by atoms with Gasteiger partial charge in [0.15, 0.2) is 5.78 Å². The molecule has 0 aliphatic heterocycles. The van der Waals surface area contributed by atoms with Gasteiger partial charge in [0, 0.05) is 18.4 Å². The monoisotopic (exact) mass is 311 g/mol. The first-order chi connectivity index (χ1) is 11.0. The van der Waals surface area contributed by atoms with Gasteiger partial charge < -0.3 is 10.5 Å². The number of nitrogens with two attached hydrogens (primary N) is 1. The summed E-state index contributed by atoms with van der Waals surface area (Å²) in [5.41, 5.74) is 9.12. The number of Topliss-reactive ketones (excluding diaryl/α,β-unsaturated/α-hetero) is 1. The summed E-state index contributed by atoms with van der Waals surface area (Å²) in [5, 5.41) is 0. The van der Waals surface area contributed by atoms with E-state index >= 15 is 0 Å². The molecule has 4 nitrogen and oxygen atoms in total. The minimum absolute atomic E-state index is 0.0618. The summed E-state index contributed by atoms with van der Waals surface area (Å²) in [6, 6.07) is 13.1. The van der Waals surface area contributed by atoms with E-state index in [1.807, 2.05) is 12.1 Å². The van der Waals surface area contributed by atoms with Gasteiger partial charge >= 0.3 is 0 Å². The van der Waals surface area contributed by atoms with Crippen LogP contribution in [0.4, 0.5) is 0 Å². The summed E-state index contributed by atoms with van der Waals surface area (Å²) in [6.07, 6.45) is 0.183. The fourth-order valence-electron chi connectivity index (χ4n) is 2.37. The number of primary amides is 1. The summed E-state index contributed by atoms with van der Waals surface area (Å²) in [7, 11) is 0. The maximum absolute atomic E-state index is 12.0. The van der Waals surface area contributed by atoms with Gasteiger partial charge in [-0.1, -0.05) is 30.3 Å². The van der Waals surface area contributed by atoms with E-state index in [4.69, 9.17) is 10.5 Å². The molecule has 120 valence electrons. The van der Waals surface area contributed by atoms with Crippen LogP contribution in [0.15, 0.2) is 42.5 Å². The number of rotatable bonds is 7. The molecule has 1 amide bonds. The molecular formula is C19H21NO3. The van der Waals surface area contributed by atoms with Gasteiger partial charge in [0.25, 0.3) is 0 Å². The molecule has 0 fully saturated rings. The van der Waals surface area contributed by atoms with Crippen LogP contribution in [0.5, 0.6) is 5.75 Å². The molecule has 0 unspecified atom stereocenters. The topological polar surface area (TPSA) is 69.4 Å². The van der Waals surface area contributed by atoms with Crippen LogP contribution in [0.25, 0.3) is 0 Å². The van der Waals surface area contributed by atoms with Crippen molar-refractivity contribution < 1.29 is 14.3 Å². The fourth-order valence-corrected chi connectivity index (χ4v) is 2.37. The van der Waals surface area contributed by atoms with Crippen molar-refractivity contribution in [3.63, 3.8) is 0 Å². The van der Waals surface area contributed by atoms with Gasteiger partial charge in [-0.3, -0.25) is 9.59 Å². The highest BCUT2D eigenvalue weighted by Gasteiger charge is 2.09. The zero-order chi connectivity index (χ0) is 16.8. The average molecular weight is 311 g/mol. The molecule has 2 rings (SSSR count). The number of amides is 1. The van der Waals surface area contributed by atoms with Gasteiger partial charge in [0.05, 0.1) is 0 Å². The second kappa shape index (κ2) is 7.58. The number of benzene rings is 2. The zero-order valence-electron chi connectivity index (χ0n) is 13.5. The molecule has 2 aromatic carbocycles. The van der Waals surface area contributed by atoms with E-state index in [0.717, 1.165) is 5.56 Å². The van der Waals surface area contributed by atoms with Gasteiger partial charge in [-0.15, -0.1) is 0 Å². The second-order valence-corrected chi connectivity index (χ2v) is 5.58. The van der Waals surface area contributed by atoms with E-state index < -0.39 is 5.91 Å². The largest absolute Gasteiger partial charge is 0.489 e. The van der Waals surface area contributed by atoms with Crippen LogP contribution in [-0.4, -0.2) is 11.7 Å². The number of hydrogen-bond donors (Lipinski definition) is 1. The van der Waals surface area contributed by atoms with Crippen molar-refractivity contribution in [3.05, 3.63) is 64.7 Å². The number of aryl methyl sites for hydroxylation is 2. The molecule has 0 radical (unpaired) electrons. The fraction of sp³-hybridized carbons (Fsp3) is 0.263. The predicted octanol–water partition coefficient (Wildman–Crippen LogP) is 3.33. The van der Waals surface area contributed by atoms with Crippen LogP contribution in [0, 0.1) is 13.8 Å². The maximum Gasteiger partial charge on any atom is 0.217 e. The SMILES string of the molecule is Cc1cccc(C)c1COc1cccc(C(=O)CCC(N)=O)c1. The molecule has 2 N–H and O–H groups in total. The van der Waals surface area contributed by atoms with Gasteiger partial charge in [0.2, 0.25) is 5.91 Å². The number of carbonyl (C=O) groups is 2. The minimum atomic E-state index is -0.471. The van der Waals surface area contributed by atoms with Crippen molar-refractivity contribution in [2.75, 3.05) is 0 Å². The third kappa shape index (κ3) is 4.68. The predicted molar refractivity (Wildman–Crippen MR) is 89.4 cm³/mol. The molecule has 0 aromatic heterocycles. The Bertz CT molecular complexity index is 702. The molecule has 2 aromatic rings. The molecule has 0 saturated carbocycles. The molecule has 4 heteroatoms. The van der Waals surface area contributed by atoms with Crippen LogP contribution in [0.2, 0.25) is 0 Å². The molecule has 23 heavy (non-hydrogen) atoms.